The van der Waals surface area contributed by atoms with Gasteiger partial charge in [-0.2, -0.15) is 0 Å². The highest BCUT2D eigenvalue weighted by Crippen LogP contribution is 2.36. The van der Waals surface area contributed by atoms with E-state index in [1.165, 1.54) is 4.90 Å². The van der Waals surface area contributed by atoms with Gasteiger partial charge in [0.25, 0.3) is 0 Å². The summed E-state index contributed by atoms with van der Waals surface area (Å²) in [5.41, 5.74) is 4.13. The molecule has 3 aromatic rings. The molecule has 4 nitrogen and oxygen atoms in total. The number of furan rings is 1. The number of rotatable bonds is 4. The van der Waals surface area contributed by atoms with Gasteiger partial charge >= 0.3 is 0 Å². The van der Waals surface area contributed by atoms with E-state index < -0.39 is 6.10 Å². The molecule has 2 aromatic carbocycles. The summed E-state index contributed by atoms with van der Waals surface area (Å²) in [4.78, 5) is 1.18. The third-order valence-corrected chi connectivity index (χ3v) is 4.07. The van der Waals surface area contributed by atoms with Gasteiger partial charge in [-0.25, -0.2) is 0 Å². The zero-order valence-electron chi connectivity index (χ0n) is 13.6. The summed E-state index contributed by atoms with van der Waals surface area (Å²) in [7, 11) is 4.04. The summed E-state index contributed by atoms with van der Waals surface area (Å²) >= 11 is 0. The molecule has 0 aliphatic rings. The van der Waals surface area contributed by atoms with Crippen molar-refractivity contribution < 1.29 is 19.5 Å². The number of phenolic OH excluding ortho intramolecular Hbond substituents is 1. The highest BCUT2D eigenvalue weighted by molar-refractivity contribution is 5.87. The molecule has 1 heterocycles. The van der Waals surface area contributed by atoms with Crippen LogP contribution in [0.1, 0.15) is 28.4 Å². The average molecular weight is 312 g/mol. The van der Waals surface area contributed by atoms with Crippen molar-refractivity contribution in [1.82, 2.24) is 0 Å². The molecule has 1 aromatic heterocycles. The molecule has 23 heavy (non-hydrogen) atoms. The van der Waals surface area contributed by atoms with Crippen LogP contribution in [0.5, 0.6) is 5.75 Å². The summed E-state index contributed by atoms with van der Waals surface area (Å²) < 4.78 is 5.61. The van der Waals surface area contributed by atoms with Crippen molar-refractivity contribution in [3.63, 3.8) is 0 Å². The number of fused-ring (bicyclic) bond motifs is 1. The van der Waals surface area contributed by atoms with Gasteiger partial charge in [0.1, 0.15) is 24.0 Å². The van der Waals surface area contributed by atoms with Crippen molar-refractivity contribution in [2.75, 3.05) is 14.1 Å². The van der Waals surface area contributed by atoms with Gasteiger partial charge in [0.15, 0.2) is 0 Å². The predicted octanol–water partition coefficient (Wildman–Crippen LogP) is 2.17. The van der Waals surface area contributed by atoms with Crippen LogP contribution in [0.4, 0.5) is 0 Å². The minimum absolute atomic E-state index is 0.234. The van der Waals surface area contributed by atoms with Crippen LogP contribution in [0, 0.1) is 6.92 Å². The fourth-order valence-electron chi connectivity index (χ4n) is 2.88. The zero-order chi connectivity index (χ0) is 16.6. The minimum Gasteiger partial charge on any atom is -0.507 e. The first-order valence-electron chi connectivity index (χ1n) is 7.73. The number of aliphatic hydroxyl groups is 1. The Morgan fingerprint density at radius 1 is 1.09 bits per heavy atom. The van der Waals surface area contributed by atoms with Gasteiger partial charge in [-0.05, 0) is 24.6 Å². The summed E-state index contributed by atoms with van der Waals surface area (Å²) in [6, 6.07) is 11.2. The van der Waals surface area contributed by atoms with E-state index in [1.54, 1.807) is 18.4 Å². The van der Waals surface area contributed by atoms with Crippen LogP contribution in [-0.4, -0.2) is 24.3 Å². The van der Waals surface area contributed by atoms with Gasteiger partial charge in [-0.15, -0.1) is 0 Å². The van der Waals surface area contributed by atoms with Crippen molar-refractivity contribution in [2.24, 2.45) is 0 Å². The number of aromatic hydroxyl groups is 1. The molecule has 0 bridgehead atoms. The van der Waals surface area contributed by atoms with E-state index in [4.69, 9.17) is 4.42 Å². The van der Waals surface area contributed by atoms with Crippen LogP contribution in [0.3, 0.4) is 0 Å². The standard InChI is InChI=1S/C19H21NO3/c1-12-4-6-13(7-5-12)19(22)15-11-23-17-9-8-16(21)14(18(15)17)10-20(2)3/h4-9,11,19,21-22H,10H2,1-3H3/p+1/t19-/m0/s1. The number of aryl methyl sites for hydroxylation is 1. The lowest BCUT2D eigenvalue weighted by atomic mass is 9.97. The second-order valence-corrected chi connectivity index (χ2v) is 6.32. The molecular formula is C19H22NO3+. The Bertz CT molecular complexity index is 818. The number of aliphatic hydroxyl groups excluding tert-OH is 1. The Labute approximate surface area is 135 Å². The van der Waals surface area contributed by atoms with Crippen LogP contribution in [0.25, 0.3) is 11.0 Å². The van der Waals surface area contributed by atoms with Crippen LogP contribution in [0.15, 0.2) is 47.1 Å². The predicted molar refractivity (Wildman–Crippen MR) is 89.6 cm³/mol. The first-order valence-corrected chi connectivity index (χ1v) is 7.73. The van der Waals surface area contributed by atoms with Gasteiger partial charge in [-0.1, -0.05) is 29.8 Å². The third-order valence-electron chi connectivity index (χ3n) is 4.07. The maximum absolute atomic E-state index is 10.8. The molecule has 0 aliphatic carbocycles. The highest BCUT2D eigenvalue weighted by Gasteiger charge is 2.22. The summed E-state index contributed by atoms with van der Waals surface area (Å²) in [5.74, 6) is 0.234. The Balaban J connectivity index is 2.13. The highest BCUT2D eigenvalue weighted by atomic mass is 16.3. The monoisotopic (exact) mass is 312 g/mol. The van der Waals surface area contributed by atoms with E-state index >= 15 is 0 Å². The van der Waals surface area contributed by atoms with Crippen molar-refractivity contribution in [2.45, 2.75) is 19.6 Å². The molecule has 0 saturated heterocycles. The molecular weight excluding hydrogens is 290 g/mol. The first kappa shape index (κ1) is 15.6. The maximum atomic E-state index is 10.8. The Kier molecular flexibility index (Phi) is 4.11. The van der Waals surface area contributed by atoms with E-state index in [0.717, 1.165) is 22.1 Å². The minimum atomic E-state index is -0.783. The number of phenols is 1. The number of nitrogens with one attached hydrogen (secondary N) is 1. The second kappa shape index (κ2) is 6.07. The molecule has 1 atom stereocenters. The lowest BCUT2D eigenvalue weighted by Gasteiger charge is -2.14. The number of benzene rings is 2. The molecule has 0 radical (unpaired) electrons. The quantitative estimate of drug-likeness (QED) is 0.692. The lowest BCUT2D eigenvalue weighted by molar-refractivity contribution is -0.872. The number of hydrogen-bond donors (Lipinski definition) is 3. The van der Waals surface area contributed by atoms with Crippen molar-refractivity contribution in [1.29, 1.82) is 0 Å². The zero-order valence-corrected chi connectivity index (χ0v) is 13.6. The van der Waals surface area contributed by atoms with Crippen molar-refractivity contribution >= 4 is 11.0 Å². The smallest absolute Gasteiger partial charge is 0.135 e. The maximum Gasteiger partial charge on any atom is 0.135 e. The first-order chi connectivity index (χ1) is 11.0. The lowest BCUT2D eigenvalue weighted by Crippen LogP contribution is -3.04. The van der Waals surface area contributed by atoms with Gasteiger partial charge in [0.05, 0.1) is 25.9 Å². The molecule has 0 unspecified atom stereocenters. The van der Waals surface area contributed by atoms with Crippen LogP contribution < -0.4 is 4.90 Å². The Morgan fingerprint density at radius 2 is 1.78 bits per heavy atom. The van der Waals surface area contributed by atoms with Gasteiger partial charge < -0.3 is 19.5 Å². The van der Waals surface area contributed by atoms with Gasteiger partial charge in [0, 0.05) is 10.9 Å². The van der Waals surface area contributed by atoms with Crippen LogP contribution >= 0.6 is 0 Å². The normalized spacial score (nSPS) is 12.9. The molecule has 0 spiro atoms. The molecule has 3 N–H and O–H groups in total. The summed E-state index contributed by atoms with van der Waals surface area (Å²) in [6.45, 7) is 2.66. The summed E-state index contributed by atoms with van der Waals surface area (Å²) in [6.07, 6.45) is 0.804. The van der Waals surface area contributed by atoms with Crippen LogP contribution in [-0.2, 0) is 6.54 Å². The number of hydrogen-bond acceptors (Lipinski definition) is 3. The van der Waals surface area contributed by atoms with E-state index in [0.29, 0.717) is 17.7 Å². The molecule has 120 valence electrons. The summed E-state index contributed by atoms with van der Waals surface area (Å²) in [5, 5.41) is 21.8. The average Bonchev–Trinajstić information content (AvgIpc) is 2.94. The SMILES string of the molecule is Cc1ccc([C@H](O)c2coc3ccc(O)c(C[NH+](C)C)c23)cc1. The van der Waals surface area contributed by atoms with Crippen LogP contribution in [0.2, 0.25) is 0 Å². The fourth-order valence-corrected chi connectivity index (χ4v) is 2.88. The topological polar surface area (TPSA) is 58.0 Å². The van der Waals surface area contributed by atoms with E-state index in [1.807, 2.05) is 45.3 Å². The molecule has 0 fully saturated rings. The largest absolute Gasteiger partial charge is 0.507 e. The second-order valence-electron chi connectivity index (χ2n) is 6.32. The van der Waals surface area contributed by atoms with E-state index in [-0.39, 0.29) is 5.75 Å². The van der Waals surface area contributed by atoms with E-state index in [2.05, 4.69) is 0 Å². The molecule has 0 saturated carbocycles. The van der Waals surface area contributed by atoms with E-state index in [9.17, 15) is 10.2 Å². The fraction of sp³-hybridized carbons (Fsp3) is 0.263. The molecule has 3 rings (SSSR count). The molecule has 0 aliphatic heterocycles. The Morgan fingerprint density at radius 3 is 2.43 bits per heavy atom. The Hall–Kier alpha value is -2.30. The molecule has 4 heteroatoms. The van der Waals surface area contributed by atoms with Crippen molar-refractivity contribution in [3.8, 4) is 5.75 Å². The van der Waals surface area contributed by atoms with Gasteiger partial charge in [-0.3, -0.25) is 0 Å². The van der Waals surface area contributed by atoms with Crippen molar-refractivity contribution in [3.05, 3.63) is 64.9 Å². The third kappa shape index (κ3) is 2.96. The number of quaternary nitrogens is 1. The van der Waals surface area contributed by atoms with Gasteiger partial charge in [0.2, 0.25) is 0 Å². The molecule has 0 amide bonds.